The first kappa shape index (κ1) is 18.7. The van der Waals surface area contributed by atoms with E-state index in [-0.39, 0.29) is 36.1 Å². The second kappa shape index (κ2) is 8.18. The summed E-state index contributed by atoms with van der Waals surface area (Å²) in [6.07, 6.45) is 2.18. The Morgan fingerprint density at radius 1 is 0.966 bits per heavy atom. The van der Waals surface area contributed by atoms with Crippen LogP contribution in [0.5, 0.6) is 0 Å². The van der Waals surface area contributed by atoms with Gasteiger partial charge in [-0.05, 0) is 60.4 Å². The smallest absolute Gasteiger partial charge is 0.319 e. The number of carbonyl (C=O) groups is 2. The number of anilines is 2. The Balaban J connectivity index is 1.27. The van der Waals surface area contributed by atoms with E-state index in [0.29, 0.717) is 29.1 Å². The highest BCUT2D eigenvalue weighted by Gasteiger charge is 2.45. The molecule has 29 heavy (non-hydrogen) atoms. The number of nitrogens with one attached hydrogen (secondary N) is 3. The number of benzene rings is 2. The molecule has 0 bridgehead atoms. The van der Waals surface area contributed by atoms with Gasteiger partial charge in [-0.1, -0.05) is 18.2 Å². The Labute approximate surface area is 167 Å². The normalized spacial score (nSPS) is 17.4. The first-order chi connectivity index (χ1) is 14.1. The average molecular weight is 393 g/mol. The SMILES string of the molecule is O=C(NCc1ccco1)Nc1ccc(NC(=O)C2CC2c2ccccc2F)cc1. The zero-order valence-electron chi connectivity index (χ0n) is 15.5. The van der Waals surface area contributed by atoms with Crippen LogP contribution in [-0.2, 0) is 11.3 Å². The standard InChI is InChI=1S/C22H20FN3O3/c23-20-6-2-1-5-17(20)18-12-19(18)21(27)25-14-7-9-15(10-8-14)26-22(28)24-13-16-4-3-11-29-16/h1-11,18-19H,12-13H2,(H,25,27)(H2,24,26,28). The summed E-state index contributed by atoms with van der Waals surface area (Å²) in [5.41, 5.74) is 1.80. The summed E-state index contributed by atoms with van der Waals surface area (Å²) in [6.45, 7) is 0.289. The minimum atomic E-state index is -0.358. The highest BCUT2D eigenvalue weighted by molar-refractivity contribution is 5.95. The van der Waals surface area contributed by atoms with Gasteiger partial charge in [0, 0.05) is 17.3 Å². The molecule has 1 aliphatic rings. The maximum atomic E-state index is 13.9. The fourth-order valence-electron chi connectivity index (χ4n) is 3.23. The highest BCUT2D eigenvalue weighted by atomic mass is 19.1. The molecule has 1 aromatic heterocycles. The van der Waals surface area contributed by atoms with Crippen molar-refractivity contribution in [2.24, 2.45) is 5.92 Å². The molecule has 3 aromatic rings. The van der Waals surface area contributed by atoms with Crippen molar-refractivity contribution in [3.05, 3.63) is 84.1 Å². The molecule has 0 radical (unpaired) electrons. The molecule has 3 amide bonds. The van der Waals surface area contributed by atoms with Crippen molar-refractivity contribution in [1.82, 2.24) is 5.32 Å². The molecular formula is C22H20FN3O3. The number of urea groups is 1. The van der Waals surface area contributed by atoms with E-state index in [4.69, 9.17) is 4.42 Å². The molecule has 148 valence electrons. The van der Waals surface area contributed by atoms with Crippen molar-refractivity contribution in [2.45, 2.75) is 18.9 Å². The Bertz CT molecular complexity index is 1000. The first-order valence-electron chi connectivity index (χ1n) is 9.33. The Morgan fingerprint density at radius 3 is 2.38 bits per heavy atom. The molecule has 1 saturated carbocycles. The minimum Gasteiger partial charge on any atom is -0.467 e. The Hall–Kier alpha value is -3.61. The summed E-state index contributed by atoms with van der Waals surface area (Å²) in [5, 5.41) is 8.24. The van der Waals surface area contributed by atoms with Crippen LogP contribution in [-0.4, -0.2) is 11.9 Å². The van der Waals surface area contributed by atoms with Gasteiger partial charge in [0.05, 0.1) is 12.8 Å². The van der Waals surface area contributed by atoms with Gasteiger partial charge in [-0.15, -0.1) is 0 Å². The summed E-state index contributed by atoms with van der Waals surface area (Å²) in [6, 6.07) is 16.5. The summed E-state index contributed by atoms with van der Waals surface area (Å²) in [5.74, 6) is -0.0391. The summed E-state index contributed by atoms with van der Waals surface area (Å²) in [7, 11) is 0. The van der Waals surface area contributed by atoms with E-state index in [1.54, 1.807) is 60.9 Å². The van der Waals surface area contributed by atoms with Gasteiger partial charge >= 0.3 is 6.03 Å². The number of halogens is 1. The fraction of sp³-hybridized carbons (Fsp3) is 0.182. The molecule has 0 aliphatic heterocycles. The van der Waals surface area contributed by atoms with E-state index in [9.17, 15) is 14.0 Å². The topological polar surface area (TPSA) is 83.4 Å². The van der Waals surface area contributed by atoms with Crippen LogP contribution < -0.4 is 16.0 Å². The molecule has 6 nitrogen and oxygen atoms in total. The van der Waals surface area contributed by atoms with Crippen LogP contribution >= 0.6 is 0 Å². The van der Waals surface area contributed by atoms with Gasteiger partial charge in [-0.2, -0.15) is 0 Å². The molecule has 0 spiro atoms. The first-order valence-corrected chi connectivity index (χ1v) is 9.33. The Kier molecular flexibility index (Phi) is 5.29. The second-order valence-corrected chi connectivity index (χ2v) is 6.92. The lowest BCUT2D eigenvalue weighted by Gasteiger charge is -2.09. The third-order valence-corrected chi connectivity index (χ3v) is 4.85. The zero-order chi connectivity index (χ0) is 20.2. The van der Waals surface area contributed by atoms with Gasteiger partial charge in [0.1, 0.15) is 11.6 Å². The van der Waals surface area contributed by atoms with Crippen LogP contribution in [0, 0.1) is 11.7 Å². The number of amides is 3. The van der Waals surface area contributed by atoms with Gasteiger partial charge < -0.3 is 20.4 Å². The number of rotatable bonds is 6. The van der Waals surface area contributed by atoms with Crippen LogP contribution in [0.25, 0.3) is 0 Å². The molecule has 1 heterocycles. The highest BCUT2D eigenvalue weighted by Crippen LogP contribution is 2.48. The summed E-state index contributed by atoms with van der Waals surface area (Å²) < 4.78 is 19.0. The van der Waals surface area contributed by atoms with Crippen molar-refractivity contribution in [3.8, 4) is 0 Å². The number of hydrogen-bond donors (Lipinski definition) is 3. The van der Waals surface area contributed by atoms with Gasteiger partial charge in [-0.25, -0.2) is 9.18 Å². The largest absolute Gasteiger partial charge is 0.467 e. The van der Waals surface area contributed by atoms with Gasteiger partial charge in [0.15, 0.2) is 0 Å². The molecule has 3 N–H and O–H groups in total. The van der Waals surface area contributed by atoms with Crippen molar-refractivity contribution in [3.63, 3.8) is 0 Å². The maximum Gasteiger partial charge on any atom is 0.319 e. The third kappa shape index (κ3) is 4.63. The number of hydrogen-bond acceptors (Lipinski definition) is 3. The second-order valence-electron chi connectivity index (χ2n) is 6.92. The lowest BCUT2D eigenvalue weighted by Crippen LogP contribution is -2.27. The molecular weight excluding hydrogens is 373 g/mol. The third-order valence-electron chi connectivity index (χ3n) is 4.85. The van der Waals surface area contributed by atoms with E-state index in [1.807, 2.05) is 0 Å². The predicted octanol–water partition coefficient (Wildman–Crippen LogP) is 4.48. The van der Waals surface area contributed by atoms with E-state index in [2.05, 4.69) is 16.0 Å². The van der Waals surface area contributed by atoms with Crippen molar-refractivity contribution < 1.29 is 18.4 Å². The van der Waals surface area contributed by atoms with Crippen LogP contribution in [0.2, 0.25) is 0 Å². The average Bonchev–Trinajstić information content (AvgIpc) is 3.34. The lowest BCUT2D eigenvalue weighted by atomic mass is 10.1. The van der Waals surface area contributed by atoms with Gasteiger partial charge in [0.2, 0.25) is 5.91 Å². The van der Waals surface area contributed by atoms with Crippen molar-refractivity contribution >= 4 is 23.3 Å². The fourth-order valence-corrected chi connectivity index (χ4v) is 3.23. The van der Waals surface area contributed by atoms with Gasteiger partial charge in [0.25, 0.3) is 0 Å². The van der Waals surface area contributed by atoms with Gasteiger partial charge in [-0.3, -0.25) is 4.79 Å². The number of furan rings is 1. The quantitative estimate of drug-likeness (QED) is 0.577. The molecule has 7 heteroatoms. The Morgan fingerprint density at radius 2 is 1.69 bits per heavy atom. The molecule has 2 unspecified atom stereocenters. The minimum absolute atomic E-state index is 0.0741. The van der Waals surface area contributed by atoms with Crippen LogP contribution in [0.1, 0.15) is 23.7 Å². The summed E-state index contributed by atoms with van der Waals surface area (Å²) >= 11 is 0. The van der Waals surface area contributed by atoms with E-state index < -0.39 is 0 Å². The maximum absolute atomic E-state index is 13.9. The van der Waals surface area contributed by atoms with E-state index in [0.717, 1.165) is 0 Å². The van der Waals surface area contributed by atoms with E-state index in [1.165, 1.54) is 6.07 Å². The predicted molar refractivity (Wildman–Crippen MR) is 107 cm³/mol. The molecule has 4 rings (SSSR count). The molecule has 1 fully saturated rings. The molecule has 2 aromatic carbocycles. The van der Waals surface area contributed by atoms with Crippen molar-refractivity contribution in [2.75, 3.05) is 10.6 Å². The van der Waals surface area contributed by atoms with Crippen molar-refractivity contribution in [1.29, 1.82) is 0 Å². The van der Waals surface area contributed by atoms with E-state index >= 15 is 0 Å². The summed E-state index contributed by atoms with van der Waals surface area (Å²) in [4.78, 5) is 24.3. The zero-order valence-corrected chi connectivity index (χ0v) is 15.5. The molecule has 2 atom stereocenters. The monoisotopic (exact) mass is 393 g/mol. The van der Waals surface area contributed by atoms with Crippen LogP contribution in [0.3, 0.4) is 0 Å². The molecule has 1 aliphatic carbocycles. The van der Waals surface area contributed by atoms with Crippen LogP contribution in [0.4, 0.5) is 20.6 Å². The molecule has 0 saturated heterocycles. The van der Waals surface area contributed by atoms with Crippen LogP contribution in [0.15, 0.2) is 71.3 Å². The number of carbonyl (C=O) groups excluding carboxylic acids is 2. The lowest BCUT2D eigenvalue weighted by molar-refractivity contribution is -0.117.